The highest BCUT2D eigenvalue weighted by molar-refractivity contribution is 8.06. The maximum Gasteiger partial charge on any atom is 0.457 e. The Bertz CT molecular complexity index is 344. The fraction of sp³-hybridized carbons (Fsp3) is 0.222. The van der Waals surface area contributed by atoms with Crippen molar-refractivity contribution in [3.63, 3.8) is 0 Å². The number of amides is 1. The van der Waals surface area contributed by atoms with Crippen molar-refractivity contribution in [2.45, 2.75) is 6.92 Å². The minimum atomic E-state index is -1.70. The van der Waals surface area contributed by atoms with Crippen LogP contribution < -0.4 is 5.06 Å². The Morgan fingerprint density at radius 1 is 1.53 bits per heavy atom. The third-order valence-electron chi connectivity index (χ3n) is 1.70. The summed E-state index contributed by atoms with van der Waals surface area (Å²) in [6.07, 6.45) is 0. The lowest BCUT2D eigenvalue weighted by Crippen LogP contribution is -2.33. The van der Waals surface area contributed by atoms with E-state index in [1.54, 1.807) is 6.92 Å². The summed E-state index contributed by atoms with van der Waals surface area (Å²) in [5, 5.41) is 9.46. The first kappa shape index (κ1) is 12.3. The molecule has 1 amide bonds. The van der Waals surface area contributed by atoms with Crippen LogP contribution in [0.15, 0.2) is 24.3 Å². The second-order valence-corrected chi connectivity index (χ2v) is 4.74. The van der Waals surface area contributed by atoms with E-state index in [9.17, 15) is 14.6 Å². The van der Waals surface area contributed by atoms with Crippen LogP contribution in [0.3, 0.4) is 0 Å². The van der Waals surface area contributed by atoms with Crippen LogP contribution in [0.2, 0.25) is 5.02 Å². The third-order valence-corrected chi connectivity index (χ3v) is 3.04. The van der Waals surface area contributed by atoms with Gasteiger partial charge in [0.1, 0.15) is 5.75 Å². The van der Waals surface area contributed by atoms with E-state index in [0.717, 1.165) is 0 Å². The van der Waals surface area contributed by atoms with E-state index in [2.05, 4.69) is 0 Å². The summed E-state index contributed by atoms with van der Waals surface area (Å²) in [5.41, 5.74) is 0.242. The quantitative estimate of drug-likeness (QED) is 0.496. The molecule has 0 heterocycles. The summed E-state index contributed by atoms with van der Waals surface area (Å²) in [4.78, 5) is 11.3. The van der Waals surface area contributed by atoms with Crippen LogP contribution >= 0.6 is 11.6 Å². The van der Waals surface area contributed by atoms with Crippen LogP contribution in [0, 0.1) is 0 Å². The van der Waals surface area contributed by atoms with Crippen molar-refractivity contribution < 1.29 is 14.6 Å². The van der Waals surface area contributed by atoms with E-state index >= 15 is 0 Å². The lowest BCUT2D eigenvalue weighted by atomic mass is 10.3. The molecule has 0 bridgehead atoms. The maximum absolute atomic E-state index is 11.3. The lowest BCUT2D eigenvalue weighted by molar-refractivity contribution is 0.223. The van der Waals surface area contributed by atoms with E-state index in [0.29, 0.717) is 10.1 Å². The molecule has 0 saturated heterocycles. The Balaban J connectivity index is 2.80. The Hall–Kier alpha value is -0.750. The SMILES string of the molecule is CC[S+]([O-])C(=O)N(O)c1ccc(Cl)cc1. The van der Waals surface area contributed by atoms with Gasteiger partial charge in [0.15, 0.2) is 0 Å². The van der Waals surface area contributed by atoms with Gasteiger partial charge in [-0.3, -0.25) is 5.21 Å². The van der Waals surface area contributed by atoms with Gasteiger partial charge in [-0.15, -0.1) is 5.06 Å². The average molecular weight is 248 g/mol. The monoisotopic (exact) mass is 247 g/mol. The van der Waals surface area contributed by atoms with Gasteiger partial charge in [0.25, 0.3) is 0 Å². The molecule has 4 nitrogen and oxygen atoms in total. The van der Waals surface area contributed by atoms with Gasteiger partial charge in [0.05, 0.1) is 5.69 Å². The fourth-order valence-corrected chi connectivity index (χ4v) is 1.58. The van der Waals surface area contributed by atoms with Gasteiger partial charge in [0.2, 0.25) is 0 Å². The zero-order valence-corrected chi connectivity index (χ0v) is 9.59. The molecule has 15 heavy (non-hydrogen) atoms. The molecule has 0 aromatic heterocycles. The number of hydrogen-bond donors (Lipinski definition) is 1. The first-order chi connectivity index (χ1) is 7.06. The number of hydroxylamine groups is 1. The Kier molecular flexibility index (Phi) is 4.41. The van der Waals surface area contributed by atoms with Crippen molar-refractivity contribution >= 4 is 33.7 Å². The van der Waals surface area contributed by atoms with E-state index in [4.69, 9.17) is 11.6 Å². The van der Waals surface area contributed by atoms with Crippen molar-refractivity contribution in [3.8, 4) is 0 Å². The molecule has 1 rings (SSSR count). The van der Waals surface area contributed by atoms with Gasteiger partial charge in [-0.2, -0.15) is 0 Å². The summed E-state index contributed by atoms with van der Waals surface area (Å²) >= 11 is 3.94. The number of anilines is 1. The molecule has 6 heteroatoms. The highest BCUT2D eigenvalue weighted by atomic mass is 35.5. The third kappa shape index (κ3) is 3.10. The smallest absolute Gasteiger partial charge is 0.457 e. The Morgan fingerprint density at radius 2 is 2.07 bits per heavy atom. The molecule has 0 fully saturated rings. The molecule has 1 aromatic carbocycles. The number of carbonyl (C=O) groups excluding carboxylic acids is 1. The first-order valence-electron chi connectivity index (χ1n) is 4.23. The van der Waals surface area contributed by atoms with Crippen LogP contribution in [0.25, 0.3) is 0 Å². The highest BCUT2D eigenvalue weighted by Gasteiger charge is 2.25. The van der Waals surface area contributed by atoms with Gasteiger partial charge >= 0.3 is 5.24 Å². The van der Waals surface area contributed by atoms with Gasteiger partial charge < -0.3 is 4.55 Å². The summed E-state index contributed by atoms with van der Waals surface area (Å²) in [5.74, 6) is 0.170. The molecule has 0 saturated carbocycles. The topological polar surface area (TPSA) is 63.6 Å². The molecule has 1 atom stereocenters. The molecule has 0 radical (unpaired) electrons. The fourth-order valence-electron chi connectivity index (χ4n) is 0.908. The predicted molar refractivity (Wildman–Crippen MR) is 59.8 cm³/mol. The van der Waals surface area contributed by atoms with E-state index < -0.39 is 16.4 Å². The minimum absolute atomic E-state index is 0.170. The van der Waals surface area contributed by atoms with Crippen molar-refractivity contribution in [1.82, 2.24) is 0 Å². The summed E-state index contributed by atoms with van der Waals surface area (Å²) < 4.78 is 11.1. The maximum atomic E-state index is 11.3. The summed E-state index contributed by atoms with van der Waals surface area (Å²) in [7, 11) is 0. The number of hydrogen-bond acceptors (Lipinski definition) is 3. The molecule has 82 valence electrons. The lowest BCUT2D eigenvalue weighted by Gasteiger charge is -2.15. The number of halogens is 1. The van der Waals surface area contributed by atoms with Crippen LogP contribution in [0.5, 0.6) is 0 Å². The van der Waals surface area contributed by atoms with Gasteiger partial charge in [-0.25, -0.2) is 4.79 Å². The highest BCUT2D eigenvalue weighted by Crippen LogP contribution is 2.18. The number of nitrogens with zero attached hydrogens (tertiary/aromatic N) is 1. The Morgan fingerprint density at radius 3 is 2.53 bits per heavy atom. The molecular weight excluding hydrogens is 238 g/mol. The molecule has 1 N–H and O–H groups in total. The van der Waals surface area contributed by atoms with E-state index in [-0.39, 0.29) is 11.4 Å². The molecular formula is C9H10ClNO3S. The van der Waals surface area contributed by atoms with Crippen LogP contribution in [0.1, 0.15) is 6.92 Å². The molecule has 0 aliphatic rings. The van der Waals surface area contributed by atoms with Crippen LogP contribution in [-0.2, 0) is 11.2 Å². The van der Waals surface area contributed by atoms with E-state index in [1.807, 2.05) is 0 Å². The average Bonchev–Trinajstić information content (AvgIpc) is 2.27. The number of benzene rings is 1. The van der Waals surface area contributed by atoms with Gasteiger partial charge in [-0.05, 0) is 31.2 Å². The predicted octanol–water partition coefficient (Wildman–Crippen LogP) is 2.42. The number of carbonyl (C=O) groups is 1. The summed E-state index contributed by atoms with van der Waals surface area (Å²) in [6, 6.07) is 5.99. The van der Waals surface area contributed by atoms with Gasteiger partial charge in [0, 0.05) is 16.2 Å². The van der Waals surface area contributed by atoms with Crippen LogP contribution in [-0.4, -0.2) is 20.8 Å². The van der Waals surface area contributed by atoms with Crippen LogP contribution in [0.4, 0.5) is 10.5 Å². The molecule has 1 unspecified atom stereocenters. The van der Waals surface area contributed by atoms with Gasteiger partial charge in [-0.1, -0.05) is 11.6 Å². The second kappa shape index (κ2) is 5.37. The molecule has 0 spiro atoms. The standard InChI is InChI=1S/C9H10ClNO3S/c1-2-15(14)9(12)11(13)8-5-3-7(10)4-6-8/h3-6,13H,2H2,1H3. The number of rotatable bonds is 2. The largest absolute Gasteiger partial charge is 0.608 e. The van der Waals surface area contributed by atoms with Crippen molar-refractivity contribution in [2.75, 3.05) is 10.8 Å². The Labute approximate surface area is 95.6 Å². The normalized spacial score (nSPS) is 12.3. The minimum Gasteiger partial charge on any atom is -0.608 e. The molecule has 0 aliphatic carbocycles. The van der Waals surface area contributed by atoms with Crippen molar-refractivity contribution in [1.29, 1.82) is 0 Å². The van der Waals surface area contributed by atoms with Crippen molar-refractivity contribution in [2.24, 2.45) is 0 Å². The first-order valence-corrected chi connectivity index (χ1v) is 5.93. The zero-order valence-electron chi connectivity index (χ0n) is 8.01. The van der Waals surface area contributed by atoms with Crippen molar-refractivity contribution in [3.05, 3.63) is 29.3 Å². The van der Waals surface area contributed by atoms with E-state index in [1.165, 1.54) is 24.3 Å². The second-order valence-electron chi connectivity index (χ2n) is 2.69. The molecule has 0 aliphatic heterocycles. The zero-order chi connectivity index (χ0) is 11.4. The molecule has 1 aromatic rings. The summed E-state index contributed by atoms with van der Waals surface area (Å²) in [6.45, 7) is 1.60.